The molecule has 0 aromatic carbocycles. The maximum absolute atomic E-state index is 10.5. The molecule has 16 heavy (non-hydrogen) atoms. The van der Waals surface area contributed by atoms with Gasteiger partial charge in [-0.3, -0.25) is 4.98 Å². The van der Waals surface area contributed by atoms with Crippen LogP contribution in [0.4, 0.5) is 0 Å². The zero-order valence-electron chi connectivity index (χ0n) is 10.2. The summed E-state index contributed by atoms with van der Waals surface area (Å²) in [5, 5.41) is 10.5. The van der Waals surface area contributed by atoms with E-state index in [0.29, 0.717) is 0 Å². The third-order valence-corrected chi connectivity index (χ3v) is 4.17. The molecule has 1 N–H and O–H groups in total. The van der Waals surface area contributed by atoms with Gasteiger partial charge >= 0.3 is 0 Å². The van der Waals surface area contributed by atoms with E-state index in [1.807, 2.05) is 12.1 Å². The van der Waals surface area contributed by atoms with Gasteiger partial charge in [-0.25, -0.2) is 0 Å². The second-order valence-corrected chi connectivity index (χ2v) is 5.38. The van der Waals surface area contributed by atoms with Crippen molar-refractivity contribution in [1.29, 1.82) is 0 Å². The molecule has 1 aromatic rings. The maximum atomic E-state index is 10.5. The summed E-state index contributed by atoms with van der Waals surface area (Å²) in [6, 6.07) is 4.01. The van der Waals surface area contributed by atoms with Gasteiger partial charge in [-0.15, -0.1) is 0 Å². The highest BCUT2D eigenvalue weighted by atomic mass is 16.3. The highest BCUT2D eigenvalue weighted by Gasteiger charge is 2.38. The molecule has 2 rings (SSSR count). The summed E-state index contributed by atoms with van der Waals surface area (Å²) in [6.45, 7) is 4.34. The zero-order valence-corrected chi connectivity index (χ0v) is 10.2. The van der Waals surface area contributed by atoms with Gasteiger partial charge in [0.15, 0.2) is 0 Å². The molecule has 2 heteroatoms. The van der Waals surface area contributed by atoms with Crippen molar-refractivity contribution in [2.75, 3.05) is 0 Å². The van der Waals surface area contributed by atoms with Gasteiger partial charge in [0.2, 0.25) is 0 Å². The fraction of sp³-hybridized carbons (Fsp3) is 0.643. The van der Waals surface area contributed by atoms with Crippen molar-refractivity contribution in [1.82, 2.24) is 4.98 Å². The number of nitrogens with zero attached hydrogens (tertiary/aromatic N) is 1. The van der Waals surface area contributed by atoms with Gasteiger partial charge in [-0.05, 0) is 36.0 Å². The summed E-state index contributed by atoms with van der Waals surface area (Å²) in [4.78, 5) is 4.02. The predicted molar refractivity (Wildman–Crippen MR) is 65.2 cm³/mol. The molecule has 0 amide bonds. The lowest BCUT2D eigenvalue weighted by atomic mass is 9.75. The molecular formula is C14H21NO. The second-order valence-electron chi connectivity index (χ2n) is 5.38. The van der Waals surface area contributed by atoms with Gasteiger partial charge in [0, 0.05) is 18.3 Å². The number of pyridine rings is 1. The van der Waals surface area contributed by atoms with Gasteiger partial charge in [-0.1, -0.05) is 26.7 Å². The van der Waals surface area contributed by atoms with Crippen LogP contribution in [0.15, 0.2) is 24.5 Å². The summed E-state index contributed by atoms with van der Waals surface area (Å²) in [5.41, 5.74) is 1.30. The first kappa shape index (κ1) is 11.6. The highest BCUT2D eigenvalue weighted by molar-refractivity contribution is 5.17. The van der Waals surface area contributed by atoms with Crippen molar-refractivity contribution in [3.05, 3.63) is 30.1 Å². The van der Waals surface area contributed by atoms with Crippen LogP contribution in [-0.4, -0.2) is 16.2 Å². The van der Waals surface area contributed by atoms with E-state index < -0.39 is 0 Å². The van der Waals surface area contributed by atoms with Crippen molar-refractivity contribution in [3.8, 4) is 0 Å². The van der Waals surface area contributed by atoms with E-state index in [1.54, 1.807) is 12.4 Å². The molecule has 1 saturated carbocycles. The van der Waals surface area contributed by atoms with Crippen LogP contribution in [0.25, 0.3) is 0 Å². The Hall–Kier alpha value is -0.890. The Morgan fingerprint density at radius 3 is 2.38 bits per heavy atom. The van der Waals surface area contributed by atoms with E-state index >= 15 is 0 Å². The first-order chi connectivity index (χ1) is 7.63. The topological polar surface area (TPSA) is 33.1 Å². The summed E-state index contributed by atoms with van der Waals surface area (Å²) >= 11 is 0. The summed E-state index contributed by atoms with van der Waals surface area (Å²) in [7, 11) is 0. The zero-order chi connectivity index (χ0) is 11.6. The fourth-order valence-corrected chi connectivity index (χ4v) is 2.93. The summed E-state index contributed by atoms with van der Waals surface area (Å²) < 4.78 is 0. The lowest BCUT2D eigenvalue weighted by molar-refractivity contribution is 0.0237. The molecule has 88 valence electrons. The molecule has 0 aliphatic heterocycles. The Morgan fingerprint density at radius 2 is 1.81 bits per heavy atom. The molecule has 1 fully saturated rings. The molecule has 1 aliphatic rings. The quantitative estimate of drug-likeness (QED) is 0.847. The third kappa shape index (κ3) is 2.12. The fourth-order valence-electron chi connectivity index (χ4n) is 2.93. The summed E-state index contributed by atoms with van der Waals surface area (Å²) in [5.74, 6) is 0.200. The number of aromatic nitrogens is 1. The van der Waals surface area contributed by atoms with Crippen LogP contribution in [0.1, 0.15) is 51.0 Å². The van der Waals surface area contributed by atoms with Crippen LogP contribution >= 0.6 is 0 Å². The van der Waals surface area contributed by atoms with Gasteiger partial charge in [0.05, 0.1) is 6.10 Å². The molecule has 0 radical (unpaired) electrons. The SMILES string of the molecule is CC(c1ccncc1)C(O)C1(C)CCCC1. The molecule has 0 bridgehead atoms. The largest absolute Gasteiger partial charge is 0.392 e. The van der Waals surface area contributed by atoms with Gasteiger partial charge in [0.1, 0.15) is 0 Å². The normalized spacial score (nSPS) is 22.9. The van der Waals surface area contributed by atoms with Crippen molar-refractivity contribution >= 4 is 0 Å². The van der Waals surface area contributed by atoms with E-state index in [4.69, 9.17) is 0 Å². The average Bonchev–Trinajstić information content (AvgIpc) is 2.77. The first-order valence-corrected chi connectivity index (χ1v) is 6.21. The van der Waals surface area contributed by atoms with E-state index in [9.17, 15) is 5.11 Å². The van der Waals surface area contributed by atoms with E-state index in [-0.39, 0.29) is 17.4 Å². The summed E-state index contributed by atoms with van der Waals surface area (Å²) in [6.07, 6.45) is 8.20. The minimum Gasteiger partial charge on any atom is -0.392 e. The van der Waals surface area contributed by atoms with E-state index in [1.165, 1.54) is 18.4 Å². The Kier molecular flexibility index (Phi) is 3.29. The number of aliphatic hydroxyl groups excluding tert-OH is 1. The van der Waals surface area contributed by atoms with Crippen LogP contribution in [0.5, 0.6) is 0 Å². The number of hydrogen-bond acceptors (Lipinski definition) is 2. The predicted octanol–water partition coefficient (Wildman–Crippen LogP) is 3.13. The molecule has 1 aliphatic carbocycles. The van der Waals surface area contributed by atoms with Crippen molar-refractivity contribution in [2.24, 2.45) is 5.41 Å². The maximum Gasteiger partial charge on any atom is 0.0659 e. The highest BCUT2D eigenvalue weighted by Crippen LogP contribution is 2.44. The van der Waals surface area contributed by atoms with Crippen molar-refractivity contribution in [3.63, 3.8) is 0 Å². The van der Waals surface area contributed by atoms with Crippen molar-refractivity contribution < 1.29 is 5.11 Å². The Bertz CT molecular complexity index is 330. The van der Waals surface area contributed by atoms with Crippen LogP contribution in [0.2, 0.25) is 0 Å². The molecule has 2 atom stereocenters. The molecule has 1 aromatic heterocycles. The average molecular weight is 219 g/mol. The Morgan fingerprint density at radius 1 is 1.25 bits per heavy atom. The third-order valence-electron chi connectivity index (χ3n) is 4.17. The van der Waals surface area contributed by atoms with Crippen LogP contribution in [0, 0.1) is 5.41 Å². The van der Waals surface area contributed by atoms with Crippen LogP contribution in [-0.2, 0) is 0 Å². The smallest absolute Gasteiger partial charge is 0.0659 e. The lowest BCUT2D eigenvalue weighted by Crippen LogP contribution is -2.33. The second kappa shape index (κ2) is 4.54. The molecule has 2 nitrogen and oxygen atoms in total. The minimum absolute atomic E-state index is 0.114. The molecule has 2 unspecified atom stereocenters. The molecular weight excluding hydrogens is 198 g/mol. The molecule has 0 spiro atoms. The monoisotopic (exact) mass is 219 g/mol. The first-order valence-electron chi connectivity index (χ1n) is 6.21. The van der Waals surface area contributed by atoms with Crippen molar-refractivity contribution in [2.45, 2.75) is 51.6 Å². The van der Waals surface area contributed by atoms with Gasteiger partial charge in [-0.2, -0.15) is 0 Å². The minimum atomic E-state index is -0.239. The molecule has 1 heterocycles. The van der Waals surface area contributed by atoms with Crippen LogP contribution < -0.4 is 0 Å². The number of hydrogen-bond donors (Lipinski definition) is 1. The number of rotatable bonds is 3. The standard InChI is InChI=1S/C14H21NO/c1-11(12-5-9-15-10-6-12)13(16)14(2)7-3-4-8-14/h5-6,9-11,13,16H,3-4,7-8H2,1-2H3. The van der Waals surface area contributed by atoms with Gasteiger partial charge < -0.3 is 5.11 Å². The van der Waals surface area contributed by atoms with Crippen LogP contribution in [0.3, 0.4) is 0 Å². The molecule has 0 saturated heterocycles. The lowest BCUT2D eigenvalue weighted by Gasteiger charge is -2.34. The van der Waals surface area contributed by atoms with Gasteiger partial charge in [0.25, 0.3) is 0 Å². The Balaban J connectivity index is 2.13. The van der Waals surface area contributed by atoms with E-state index in [0.717, 1.165) is 12.8 Å². The Labute approximate surface area is 97.7 Å². The number of aliphatic hydroxyl groups is 1. The van der Waals surface area contributed by atoms with E-state index in [2.05, 4.69) is 18.8 Å².